The van der Waals surface area contributed by atoms with Crippen molar-refractivity contribution in [2.24, 2.45) is 0 Å². The minimum atomic E-state index is -6.24. The van der Waals surface area contributed by atoms with Gasteiger partial charge in [-0.2, -0.15) is 0 Å². The van der Waals surface area contributed by atoms with E-state index in [0.717, 1.165) is 30.6 Å². The van der Waals surface area contributed by atoms with E-state index < -0.39 is 155 Å². The Labute approximate surface area is 481 Å². The standard InChI is InChI=1S/C30H39O6Se.C24BCl4F16/c1-4-31-19-22-34-25-13-7-10-16-28(25)37(29-17-11-8-14-26(29)35-23-20-32-5-2)30-18-12-9-15-27(30)36-24-21-33-6-3;26-5-1(9(30)17(38)21(42)13(5)34)25(2-6(27)14(35)22(43)18(39)10(2)31,3-7(28)15(36)23(44)19(40)11(3)32)4-8(29)16(37)24(45)20(41)12(4)33/h7-18H,4-6,19-24H2,1-3H3;/q+1;-1. The van der Waals surface area contributed by atoms with Crippen LogP contribution in [-0.4, -0.2) is 79.5 Å². The Kier molecular flexibility index (Phi) is 23.1. The van der Waals surface area contributed by atoms with Crippen LogP contribution in [0.4, 0.5) is 70.2 Å². The molecular formula is C54H39BCl4F16O6Se. The minimum Gasteiger partial charge on any atom is -0.207 e. The maximum absolute atomic E-state index is 15.8. The Bertz CT molecular complexity index is 2950. The average Bonchev–Trinajstić information content (AvgIpc) is 1.02. The fourth-order valence-electron chi connectivity index (χ4n) is 8.51. The van der Waals surface area contributed by atoms with Gasteiger partial charge in [-0.15, -0.1) is 21.9 Å². The molecule has 440 valence electrons. The second-order valence-electron chi connectivity index (χ2n) is 16.6. The Morgan fingerprint density at radius 2 is 0.512 bits per heavy atom. The SMILES string of the molecule is CCOCCOc1ccccc1[Se+](c1ccccc1OCCOCC)c1ccccc1OCCOCC.Fc1c(F)c(F)c([B-](c2c(F)c(F)c(F)c(F)c2Cl)(c2c(F)c(F)c(F)c(F)c2Cl)c2c(F)c(F)c(F)c(F)c2Cl)c(Cl)c1F. The Hall–Kier alpha value is -5.56. The summed E-state index contributed by atoms with van der Waals surface area (Å²) < 4.78 is 277. The van der Waals surface area contributed by atoms with Crippen LogP contribution in [0.15, 0.2) is 72.8 Å². The van der Waals surface area contributed by atoms with Crippen LogP contribution in [0.2, 0.25) is 20.1 Å². The predicted octanol–water partition coefficient (Wildman–Crippen LogP) is 11.4. The van der Waals surface area contributed by atoms with Crippen molar-refractivity contribution in [3.8, 4) is 17.2 Å². The van der Waals surface area contributed by atoms with E-state index in [1.165, 1.54) is 0 Å². The van der Waals surface area contributed by atoms with Gasteiger partial charge in [-0.3, -0.25) is 0 Å². The fraction of sp³-hybridized carbons (Fsp3) is 0.222. The molecule has 0 N–H and O–H groups in total. The number of hydrogen-bond acceptors (Lipinski definition) is 6. The molecule has 0 aliphatic carbocycles. The van der Waals surface area contributed by atoms with Crippen molar-refractivity contribution in [2.45, 2.75) is 20.8 Å². The molecular weight excluding hydrogens is 1280 g/mol. The van der Waals surface area contributed by atoms with Crippen LogP contribution in [0.3, 0.4) is 0 Å². The van der Waals surface area contributed by atoms with E-state index in [-0.39, 0.29) is 0 Å². The van der Waals surface area contributed by atoms with E-state index in [0.29, 0.717) is 59.5 Å². The van der Waals surface area contributed by atoms with Crippen molar-refractivity contribution in [3.05, 3.63) is 186 Å². The van der Waals surface area contributed by atoms with Gasteiger partial charge >= 0.3 is 226 Å². The van der Waals surface area contributed by atoms with Crippen LogP contribution < -0.4 is 49.4 Å². The Morgan fingerprint density at radius 3 is 0.732 bits per heavy atom. The zero-order valence-electron chi connectivity index (χ0n) is 42.3. The van der Waals surface area contributed by atoms with Crippen LogP contribution in [0.25, 0.3) is 0 Å². The molecule has 0 aliphatic heterocycles. The van der Waals surface area contributed by atoms with Crippen molar-refractivity contribution < 1.29 is 98.7 Å². The van der Waals surface area contributed by atoms with E-state index in [2.05, 4.69) is 36.4 Å². The molecule has 0 bridgehead atoms. The molecule has 7 aromatic rings. The normalized spacial score (nSPS) is 11.6. The third-order valence-electron chi connectivity index (χ3n) is 12.0. The second kappa shape index (κ2) is 28.8. The van der Waals surface area contributed by atoms with Crippen molar-refractivity contribution in [1.29, 1.82) is 0 Å². The average molecular weight is 1320 g/mol. The summed E-state index contributed by atoms with van der Waals surface area (Å²) in [4.78, 5) is 0. The predicted molar refractivity (Wildman–Crippen MR) is 279 cm³/mol. The summed E-state index contributed by atoms with van der Waals surface area (Å²) in [7, 11) is 0. The number of halogens is 20. The van der Waals surface area contributed by atoms with Crippen molar-refractivity contribution in [3.63, 3.8) is 0 Å². The molecule has 0 aromatic heterocycles. The number of rotatable bonds is 22. The summed E-state index contributed by atoms with van der Waals surface area (Å²) in [6, 6.07) is 24.8. The first-order valence-corrected chi connectivity index (χ1v) is 27.9. The molecule has 0 saturated heterocycles. The molecule has 0 fully saturated rings. The maximum Gasteiger partial charge on any atom is 0.198 e. The van der Waals surface area contributed by atoms with Crippen molar-refractivity contribution >= 4 is 102 Å². The quantitative estimate of drug-likeness (QED) is 0.0222. The summed E-state index contributed by atoms with van der Waals surface area (Å²) in [5.41, 5.74) is -10.7. The molecule has 0 radical (unpaired) electrons. The molecule has 0 atom stereocenters. The van der Waals surface area contributed by atoms with E-state index in [9.17, 15) is 52.7 Å². The Morgan fingerprint density at radius 1 is 0.305 bits per heavy atom. The summed E-state index contributed by atoms with van der Waals surface area (Å²) in [6.45, 7) is 11.1. The van der Waals surface area contributed by atoms with Gasteiger partial charge in [0.1, 0.15) is 29.4 Å². The number of hydrogen-bond donors (Lipinski definition) is 0. The molecule has 0 aliphatic rings. The second-order valence-corrected chi connectivity index (χ2v) is 22.1. The zero-order chi connectivity index (χ0) is 60.5. The van der Waals surface area contributed by atoms with Gasteiger partial charge in [-0.1, -0.05) is 46.4 Å². The molecule has 7 aromatic carbocycles. The van der Waals surface area contributed by atoms with Gasteiger partial charge in [0.2, 0.25) is 0 Å². The number of ether oxygens (including phenoxy) is 6. The first-order chi connectivity index (χ1) is 39.0. The van der Waals surface area contributed by atoms with Crippen LogP contribution >= 0.6 is 46.4 Å². The number of benzene rings is 7. The summed E-state index contributed by atoms with van der Waals surface area (Å²) in [6.07, 6.45) is -6.24. The van der Waals surface area contributed by atoms with Gasteiger partial charge in [0, 0.05) is 20.1 Å². The van der Waals surface area contributed by atoms with Gasteiger partial charge in [0.25, 0.3) is 0 Å². The molecule has 6 nitrogen and oxygen atoms in total. The summed E-state index contributed by atoms with van der Waals surface area (Å²) >= 11 is 20.4. The van der Waals surface area contributed by atoms with E-state index in [1.54, 1.807) is 0 Å². The monoisotopic (exact) mass is 1320 g/mol. The van der Waals surface area contributed by atoms with Crippen molar-refractivity contribution in [2.75, 3.05) is 59.5 Å². The molecule has 0 saturated carbocycles. The largest absolute Gasteiger partial charge is 0.207 e. The maximum atomic E-state index is 15.8. The van der Waals surface area contributed by atoms with Crippen LogP contribution in [0, 0.1) is 93.1 Å². The van der Waals surface area contributed by atoms with Gasteiger partial charge in [0.15, 0.2) is 69.8 Å². The van der Waals surface area contributed by atoms with E-state index >= 15 is 17.6 Å². The third-order valence-corrected chi connectivity index (χ3v) is 18.4. The smallest absolute Gasteiger partial charge is 0.198 e. The van der Waals surface area contributed by atoms with Gasteiger partial charge in [-0.05, 0) is 0 Å². The molecule has 28 heteroatoms. The molecule has 82 heavy (non-hydrogen) atoms. The first kappa shape index (κ1) is 65.6. The molecule has 0 unspecified atom stereocenters. The van der Waals surface area contributed by atoms with Crippen LogP contribution in [-0.2, 0) is 14.2 Å². The molecule has 0 heterocycles. The first-order valence-electron chi connectivity index (χ1n) is 23.9. The fourth-order valence-corrected chi connectivity index (χ4v) is 14.7. The summed E-state index contributed by atoms with van der Waals surface area (Å²) in [5.74, 6) is -45.7. The van der Waals surface area contributed by atoms with Gasteiger partial charge < -0.3 is 0 Å². The number of para-hydroxylation sites is 3. The van der Waals surface area contributed by atoms with Gasteiger partial charge in [-0.25, -0.2) is 70.2 Å². The van der Waals surface area contributed by atoms with Crippen LogP contribution in [0.1, 0.15) is 20.8 Å². The van der Waals surface area contributed by atoms with Crippen molar-refractivity contribution in [1.82, 2.24) is 0 Å². The zero-order valence-corrected chi connectivity index (χ0v) is 47.0. The van der Waals surface area contributed by atoms with Gasteiger partial charge in [0.05, 0.1) is 0 Å². The molecule has 7 rings (SSSR count). The molecule has 0 amide bonds. The summed E-state index contributed by atoms with van der Waals surface area (Å²) in [5, 5.41) is -9.69. The van der Waals surface area contributed by atoms with Crippen LogP contribution in [0.5, 0.6) is 17.2 Å². The molecule has 0 spiro atoms. The third kappa shape index (κ3) is 12.8. The van der Waals surface area contributed by atoms with E-state index in [4.69, 9.17) is 74.8 Å². The Balaban J connectivity index is 0.000000269. The minimum absolute atomic E-state index is 0.489. The van der Waals surface area contributed by atoms with E-state index in [1.807, 2.05) is 57.2 Å². The topological polar surface area (TPSA) is 55.4 Å².